The van der Waals surface area contributed by atoms with Gasteiger partial charge in [-0.3, -0.25) is 14.4 Å². The van der Waals surface area contributed by atoms with Gasteiger partial charge < -0.3 is 5.32 Å². The second-order valence-corrected chi connectivity index (χ2v) is 7.93. The highest BCUT2D eigenvalue weighted by atomic mass is 19.1. The molecule has 1 heterocycles. The van der Waals surface area contributed by atoms with Crippen molar-refractivity contribution < 1.29 is 18.8 Å². The van der Waals surface area contributed by atoms with Gasteiger partial charge in [-0.2, -0.15) is 0 Å². The van der Waals surface area contributed by atoms with Gasteiger partial charge in [-0.1, -0.05) is 30.7 Å². The van der Waals surface area contributed by atoms with Gasteiger partial charge in [0.1, 0.15) is 5.82 Å². The van der Waals surface area contributed by atoms with Crippen molar-refractivity contribution in [3.8, 4) is 0 Å². The van der Waals surface area contributed by atoms with Crippen molar-refractivity contribution in [2.75, 3.05) is 10.2 Å². The number of benzene rings is 3. The van der Waals surface area contributed by atoms with Gasteiger partial charge >= 0.3 is 0 Å². The first kappa shape index (κ1) is 19.2. The SMILES string of the molecule is O=C1c2ccccc2C(=O)N1c1ccc(NC(=O)C2(c3ccc(F)cc3)CCC2)cc1. The number of nitrogens with one attached hydrogen (secondary N) is 1. The van der Waals surface area contributed by atoms with Crippen LogP contribution in [0.5, 0.6) is 0 Å². The zero-order valence-electron chi connectivity index (χ0n) is 16.6. The molecule has 3 aromatic rings. The van der Waals surface area contributed by atoms with Crippen LogP contribution in [0.25, 0.3) is 0 Å². The van der Waals surface area contributed by atoms with E-state index in [0.717, 1.165) is 16.9 Å². The fraction of sp³-hybridized carbons (Fsp3) is 0.160. The van der Waals surface area contributed by atoms with E-state index in [0.29, 0.717) is 35.3 Å². The number of nitrogens with zero attached hydrogens (tertiary/aromatic N) is 1. The number of rotatable bonds is 4. The summed E-state index contributed by atoms with van der Waals surface area (Å²) in [5.74, 6) is -1.19. The Hall–Kier alpha value is -3.80. The molecule has 1 fully saturated rings. The summed E-state index contributed by atoms with van der Waals surface area (Å²) in [6.45, 7) is 0. The average molecular weight is 414 g/mol. The van der Waals surface area contributed by atoms with Crippen LogP contribution in [0.4, 0.5) is 15.8 Å². The quantitative estimate of drug-likeness (QED) is 0.630. The predicted octanol–water partition coefficient (Wildman–Crippen LogP) is 4.69. The molecular formula is C25H19FN2O3. The van der Waals surface area contributed by atoms with Gasteiger partial charge in [0.05, 0.1) is 22.2 Å². The van der Waals surface area contributed by atoms with Crippen LogP contribution >= 0.6 is 0 Å². The molecule has 0 spiro atoms. The predicted molar refractivity (Wildman–Crippen MR) is 115 cm³/mol. The number of anilines is 2. The lowest BCUT2D eigenvalue weighted by atomic mass is 9.64. The molecule has 2 aliphatic rings. The minimum atomic E-state index is -0.658. The summed E-state index contributed by atoms with van der Waals surface area (Å²) >= 11 is 0. The van der Waals surface area contributed by atoms with E-state index < -0.39 is 5.41 Å². The lowest BCUT2D eigenvalue weighted by Crippen LogP contribution is -2.46. The molecule has 6 heteroatoms. The Balaban J connectivity index is 1.35. The van der Waals surface area contributed by atoms with Crippen LogP contribution in [0.2, 0.25) is 0 Å². The largest absolute Gasteiger partial charge is 0.325 e. The van der Waals surface area contributed by atoms with Crippen LogP contribution in [0.1, 0.15) is 45.5 Å². The lowest BCUT2D eigenvalue weighted by Gasteiger charge is -2.40. The Kier molecular flexibility index (Phi) is 4.43. The monoisotopic (exact) mass is 414 g/mol. The van der Waals surface area contributed by atoms with Crippen LogP contribution in [-0.2, 0) is 10.2 Å². The van der Waals surface area contributed by atoms with E-state index in [1.165, 1.54) is 12.1 Å². The van der Waals surface area contributed by atoms with Crippen molar-refractivity contribution in [2.45, 2.75) is 24.7 Å². The maximum atomic E-state index is 13.3. The van der Waals surface area contributed by atoms with Crippen LogP contribution in [0.15, 0.2) is 72.8 Å². The van der Waals surface area contributed by atoms with E-state index in [1.807, 2.05) is 0 Å². The highest BCUT2D eigenvalue weighted by Crippen LogP contribution is 2.44. The second kappa shape index (κ2) is 7.16. The highest BCUT2D eigenvalue weighted by molar-refractivity contribution is 6.34. The van der Waals surface area contributed by atoms with E-state index in [-0.39, 0.29) is 23.5 Å². The average Bonchev–Trinajstić information content (AvgIpc) is 3.00. The maximum absolute atomic E-state index is 13.3. The maximum Gasteiger partial charge on any atom is 0.266 e. The topological polar surface area (TPSA) is 66.5 Å². The number of fused-ring (bicyclic) bond motifs is 1. The summed E-state index contributed by atoms with van der Waals surface area (Å²) < 4.78 is 13.3. The fourth-order valence-electron chi connectivity index (χ4n) is 4.31. The Morgan fingerprint density at radius 3 is 1.94 bits per heavy atom. The van der Waals surface area contributed by atoms with Crippen molar-refractivity contribution in [3.63, 3.8) is 0 Å². The molecule has 0 saturated heterocycles. The van der Waals surface area contributed by atoms with Crippen LogP contribution < -0.4 is 10.2 Å². The normalized spacial score (nSPS) is 16.6. The highest BCUT2D eigenvalue weighted by Gasteiger charge is 2.45. The number of halogens is 1. The summed E-state index contributed by atoms with van der Waals surface area (Å²) in [5.41, 5.74) is 1.93. The third-order valence-corrected chi connectivity index (χ3v) is 6.22. The van der Waals surface area contributed by atoms with Gasteiger partial charge in [0.15, 0.2) is 0 Å². The Morgan fingerprint density at radius 2 is 1.42 bits per heavy atom. The number of carbonyl (C=O) groups is 3. The molecule has 3 aromatic carbocycles. The first-order chi connectivity index (χ1) is 15.0. The Bertz CT molecular complexity index is 1160. The summed E-state index contributed by atoms with van der Waals surface area (Å²) in [4.78, 5) is 39.5. The standard InChI is InChI=1S/C25H19FN2O3/c26-17-8-6-16(7-9-17)25(14-3-15-25)24(31)27-18-10-12-19(13-11-18)28-22(29)20-4-1-2-5-21(20)23(28)30/h1-2,4-13H,3,14-15H2,(H,27,31). The summed E-state index contributed by atoms with van der Waals surface area (Å²) in [7, 11) is 0. The van der Waals surface area contributed by atoms with Crippen molar-refractivity contribution in [1.29, 1.82) is 0 Å². The number of hydrogen-bond acceptors (Lipinski definition) is 3. The molecular weight excluding hydrogens is 395 g/mol. The minimum Gasteiger partial charge on any atom is -0.325 e. The minimum absolute atomic E-state index is 0.140. The van der Waals surface area contributed by atoms with E-state index in [4.69, 9.17) is 0 Å². The van der Waals surface area contributed by atoms with Crippen LogP contribution in [0, 0.1) is 5.82 Å². The van der Waals surface area contributed by atoms with Gasteiger partial charge in [-0.15, -0.1) is 0 Å². The van der Waals surface area contributed by atoms with Crippen LogP contribution in [-0.4, -0.2) is 17.7 Å². The molecule has 1 N–H and O–H groups in total. The number of carbonyl (C=O) groups excluding carboxylic acids is 3. The van der Waals surface area contributed by atoms with E-state index in [2.05, 4.69) is 5.32 Å². The number of hydrogen-bond donors (Lipinski definition) is 1. The molecule has 0 radical (unpaired) electrons. The van der Waals surface area contributed by atoms with Crippen molar-refractivity contribution in [2.24, 2.45) is 0 Å². The van der Waals surface area contributed by atoms with Crippen molar-refractivity contribution >= 4 is 29.1 Å². The van der Waals surface area contributed by atoms with Crippen molar-refractivity contribution in [3.05, 3.63) is 95.3 Å². The van der Waals surface area contributed by atoms with Gasteiger partial charge in [-0.25, -0.2) is 9.29 Å². The molecule has 0 aromatic heterocycles. The third-order valence-electron chi connectivity index (χ3n) is 6.22. The van der Waals surface area contributed by atoms with Gasteiger partial charge in [-0.05, 0) is 66.9 Å². The lowest BCUT2D eigenvalue weighted by molar-refractivity contribution is -0.124. The molecule has 0 unspecified atom stereocenters. The van der Waals surface area contributed by atoms with E-state index >= 15 is 0 Å². The van der Waals surface area contributed by atoms with Crippen molar-refractivity contribution in [1.82, 2.24) is 0 Å². The van der Waals surface area contributed by atoms with E-state index in [9.17, 15) is 18.8 Å². The molecule has 1 aliphatic heterocycles. The molecule has 5 nitrogen and oxygen atoms in total. The molecule has 0 bridgehead atoms. The first-order valence-corrected chi connectivity index (χ1v) is 10.1. The molecule has 3 amide bonds. The molecule has 154 valence electrons. The fourth-order valence-corrected chi connectivity index (χ4v) is 4.31. The second-order valence-electron chi connectivity index (χ2n) is 7.93. The Labute approximate surface area is 178 Å². The van der Waals surface area contributed by atoms with E-state index in [1.54, 1.807) is 60.7 Å². The molecule has 31 heavy (non-hydrogen) atoms. The third kappa shape index (κ3) is 3.03. The smallest absolute Gasteiger partial charge is 0.266 e. The summed E-state index contributed by atoms with van der Waals surface area (Å²) in [5, 5.41) is 2.93. The Morgan fingerprint density at radius 1 is 0.839 bits per heavy atom. The van der Waals surface area contributed by atoms with Gasteiger partial charge in [0.2, 0.25) is 5.91 Å². The zero-order chi connectivity index (χ0) is 21.6. The zero-order valence-corrected chi connectivity index (χ0v) is 16.6. The van der Waals surface area contributed by atoms with Gasteiger partial charge in [0.25, 0.3) is 11.8 Å². The summed E-state index contributed by atoms with van der Waals surface area (Å²) in [6.07, 6.45) is 2.35. The molecule has 0 atom stereocenters. The first-order valence-electron chi connectivity index (χ1n) is 10.1. The number of imide groups is 1. The number of amides is 3. The summed E-state index contributed by atoms with van der Waals surface area (Å²) in [6, 6.07) is 19.4. The molecule has 5 rings (SSSR count). The van der Waals surface area contributed by atoms with Crippen LogP contribution in [0.3, 0.4) is 0 Å². The van der Waals surface area contributed by atoms with Gasteiger partial charge in [0, 0.05) is 5.69 Å². The molecule has 1 saturated carbocycles. The molecule has 1 aliphatic carbocycles.